The number of rotatable bonds is 2. The second kappa shape index (κ2) is 4.20. The van der Waals surface area contributed by atoms with Crippen LogP contribution in [0.4, 0.5) is 8.78 Å². The standard InChI is InChI=1S/C8H5ClF2N2O/c9-2-6-4(3-12)7(14)1-5(13-6)8(10)11/h1,8H,2H2,(H,13,14). The van der Waals surface area contributed by atoms with E-state index in [-0.39, 0.29) is 17.1 Å². The molecule has 6 heteroatoms. The average molecular weight is 219 g/mol. The molecule has 1 aromatic heterocycles. The monoisotopic (exact) mass is 218 g/mol. The van der Waals surface area contributed by atoms with Crippen molar-refractivity contribution in [3.8, 4) is 6.07 Å². The third-order valence-electron chi connectivity index (χ3n) is 1.61. The molecule has 0 fully saturated rings. The second-order valence-corrected chi connectivity index (χ2v) is 2.76. The Bertz CT molecular complexity index is 436. The molecule has 0 aliphatic carbocycles. The van der Waals surface area contributed by atoms with E-state index < -0.39 is 17.5 Å². The van der Waals surface area contributed by atoms with E-state index in [0.717, 1.165) is 0 Å². The summed E-state index contributed by atoms with van der Waals surface area (Å²) in [5.74, 6) is -0.182. The van der Waals surface area contributed by atoms with Gasteiger partial charge in [0.2, 0.25) is 0 Å². The van der Waals surface area contributed by atoms with Gasteiger partial charge in [-0.05, 0) is 0 Å². The van der Waals surface area contributed by atoms with Crippen LogP contribution in [0.1, 0.15) is 23.4 Å². The number of H-pyrrole nitrogens is 1. The number of hydrogen-bond donors (Lipinski definition) is 1. The molecule has 3 nitrogen and oxygen atoms in total. The fraction of sp³-hybridized carbons (Fsp3) is 0.250. The SMILES string of the molecule is N#Cc1c(CCl)[nH]c(C(F)F)cc1=O. The van der Waals surface area contributed by atoms with E-state index in [1.807, 2.05) is 0 Å². The highest BCUT2D eigenvalue weighted by atomic mass is 35.5. The van der Waals surface area contributed by atoms with Crippen LogP contribution in [0.15, 0.2) is 10.9 Å². The quantitative estimate of drug-likeness (QED) is 0.771. The first-order valence-electron chi connectivity index (χ1n) is 3.60. The lowest BCUT2D eigenvalue weighted by Gasteiger charge is -2.03. The normalized spacial score (nSPS) is 10.2. The van der Waals surface area contributed by atoms with Crippen molar-refractivity contribution in [1.82, 2.24) is 4.98 Å². The van der Waals surface area contributed by atoms with Gasteiger partial charge < -0.3 is 4.98 Å². The van der Waals surface area contributed by atoms with Crippen molar-refractivity contribution in [2.24, 2.45) is 0 Å². The van der Waals surface area contributed by atoms with E-state index in [1.165, 1.54) is 0 Å². The molecule has 0 saturated carbocycles. The molecule has 0 unspecified atom stereocenters. The molecule has 0 aliphatic rings. The summed E-state index contributed by atoms with van der Waals surface area (Å²) < 4.78 is 24.4. The van der Waals surface area contributed by atoms with Crippen molar-refractivity contribution in [2.45, 2.75) is 12.3 Å². The van der Waals surface area contributed by atoms with Crippen LogP contribution in [0, 0.1) is 11.3 Å². The molecular weight excluding hydrogens is 214 g/mol. The van der Waals surface area contributed by atoms with Gasteiger partial charge in [0.05, 0.1) is 17.3 Å². The third-order valence-corrected chi connectivity index (χ3v) is 1.88. The molecule has 0 atom stereocenters. The number of nitriles is 1. The van der Waals surface area contributed by atoms with Gasteiger partial charge in [0.25, 0.3) is 6.43 Å². The molecule has 0 bridgehead atoms. The maximum Gasteiger partial charge on any atom is 0.278 e. The molecule has 1 aromatic rings. The Labute approximate surface area is 82.9 Å². The third kappa shape index (κ3) is 1.91. The molecule has 74 valence electrons. The van der Waals surface area contributed by atoms with Crippen LogP contribution in [0.3, 0.4) is 0 Å². The Morgan fingerprint density at radius 1 is 1.64 bits per heavy atom. The molecule has 0 spiro atoms. The second-order valence-electron chi connectivity index (χ2n) is 2.49. The smallest absolute Gasteiger partial charge is 0.278 e. The first-order valence-corrected chi connectivity index (χ1v) is 4.14. The van der Waals surface area contributed by atoms with Gasteiger partial charge >= 0.3 is 0 Å². The van der Waals surface area contributed by atoms with Crippen LogP contribution in [0.5, 0.6) is 0 Å². The molecule has 0 aromatic carbocycles. The predicted octanol–water partition coefficient (Wildman–Crippen LogP) is 1.92. The van der Waals surface area contributed by atoms with Crippen molar-refractivity contribution < 1.29 is 8.78 Å². The van der Waals surface area contributed by atoms with E-state index >= 15 is 0 Å². The van der Waals surface area contributed by atoms with E-state index in [4.69, 9.17) is 16.9 Å². The zero-order valence-electron chi connectivity index (χ0n) is 6.85. The van der Waals surface area contributed by atoms with E-state index in [2.05, 4.69) is 4.98 Å². The number of aromatic nitrogens is 1. The number of nitrogens with one attached hydrogen (secondary N) is 1. The molecule has 0 aliphatic heterocycles. The average Bonchev–Trinajstić information content (AvgIpc) is 2.16. The van der Waals surface area contributed by atoms with Gasteiger partial charge in [-0.1, -0.05) is 0 Å². The highest BCUT2D eigenvalue weighted by molar-refractivity contribution is 6.17. The summed E-state index contributed by atoms with van der Waals surface area (Å²) in [6.45, 7) is 0. The lowest BCUT2D eigenvalue weighted by molar-refractivity contribution is 0.145. The van der Waals surface area contributed by atoms with Gasteiger partial charge in [0, 0.05) is 6.07 Å². The molecule has 0 saturated heterocycles. The summed E-state index contributed by atoms with van der Waals surface area (Å²) in [6, 6.07) is 2.32. The molecule has 0 amide bonds. The number of pyridine rings is 1. The van der Waals surface area contributed by atoms with E-state index in [0.29, 0.717) is 6.07 Å². The van der Waals surface area contributed by atoms with Crippen LogP contribution < -0.4 is 5.43 Å². The lowest BCUT2D eigenvalue weighted by atomic mass is 10.2. The maximum atomic E-state index is 12.2. The minimum Gasteiger partial charge on any atom is -0.355 e. The summed E-state index contributed by atoms with van der Waals surface area (Å²) in [6.07, 6.45) is -2.78. The highest BCUT2D eigenvalue weighted by Crippen LogP contribution is 2.16. The molecule has 1 rings (SSSR count). The highest BCUT2D eigenvalue weighted by Gasteiger charge is 2.13. The van der Waals surface area contributed by atoms with Gasteiger partial charge in [-0.25, -0.2) is 8.78 Å². The minimum atomic E-state index is -2.78. The number of alkyl halides is 3. The fourth-order valence-corrected chi connectivity index (χ4v) is 1.18. The zero-order valence-corrected chi connectivity index (χ0v) is 7.61. The Morgan fingerprint density at radius 2 is 2.29 bits per heavy atom. The van der Waals surface area contributed by atoms with Crippen molar-refractivity contribution in [2.75, 3.05) is 0 Å². The lowest BCUT2D eigenvalue weighted by Crippen LogP contribution is -2.12. The Morgan fingerprint density at radius 3 is 2.71 bits per heavy atom. The van der Waals surface area contributed by atoms with Gasteiger partial charge in [0.15, 0.2) is 5.43 Å². The molecule has 14 heavy (non-hydrogen) atoms. The Kier molecular flexibility index (Phi) is 3.20. The van der Waals surface area contributed by atoms with Crippen molar-refractivity contribution in [1.29, 1.82) is 5.26 Å². The Balaban J connectivity index is 3.41. The van der Waals surface area contributed by atoms with Gasteiger partial charge in [-0.15, -0.1) is 11.6 Å². The number of hydrogen-bond acceptors (Lipinski definition) is 2. The minimum absolute atomic E-state index is 0.0250. The van der Waals surface area contributed by atoms with Gasteiger partial charge in [-0.3, -0.25) is 4.79 Å². The number of halogens is 3. The summed E-state index contributed by atoms with van der Waals surface area (Å²) in [7, 11) is 0. The molecule has 0 radical (unpaired) electrons. The van der Waals surface area contributed by atoms with Gasteiger partial charge in [-0.2, -0.15) is 5.26 Å². The molecular formula is C8H5ClF2N2O. The van der Waals surface area contributed by atoms with Crippen LogP contribution in [-0.4, -0.2) is 4.98 Å². The topological polar surface area (TPSA) is 56.6 Å². The van der Waals surface area contributed by atoms with Crippen LogP contribution >= 0.6 is 11.6 Å². The Hall–Kier alpha value is -1.41. The zero-order chi connectivity index (χ0) is 10.7. The maximum absolute atomic E-state index is 12.2. The van der Waals surface area contributed by atoms with Crippen molar-refractivity contribution in [3.05, 3.63) is 33.2 Å². The predicted molar refractivity (Wildman–Crippen MR) is 46.3 cm³/mol. The van der Waals surface area contributed by atoms with Crippen LogP contribution in [0.25, 0.3) is 0 Å². The van der Waals surface area contributed by atoms with Crippen LogP contribution in [0.2, 0.25) is 0 Å². The van der Waals surface area contributed by atoms with E-state index in [1.54, 1.807) is 6.07 Å². The van der Waals surface area contributed by atoms with Crippen molar-refractivity contribution in [3.63, 3.8) is 0 Å². The van der Waals surface area contributed by atoms with Gasteiger partial charge in [0.1, 0.15) is 11.6 Å². The molecule has 1 N–H and O–H groups in total. The first-order chi connectivity index (χ1) is 6.60. The van der Waals surface area contributed by atoms with Crippen LogP contribution in [-0.2, 0) is 5.88 Å². The van der Waals surface area contributed by atoms with Crippen molar-refractivity contribution >= 4 is 11.6 Å². The first kappa shape index (κ1) is 10.7. The number of aromatic amines is 1. The summed E-state index contributed by atoms with van der Waals surface area (Å²) in [4.78, 5) is 13.4. The number of nitrogens with zero attached hydrogens (tertiary/aromatic N) is 1. The largest absolute Gasteiger partial charge is 0.355 e. The van der Waals surface area contributed by atoms with E-state index in [9.17, 15) is 13.6 Å². The molecule has 1 heterocycles. The summed E-state index contributed by atoms with van der Waals surface area (Å²) >= 11 is 5.39. The summed E-state index contributed by atoms with van der Waals surface area (Å²) in [5.41, 5.74) is -1.46. The fourth-order valence-electron chi connectivity index (χ4n) is 0.975. The summed E-state index contributed by atoms with van der Waals surface area (Å²) in [5, 5.41) is 8.54.